The highest BCUT2D eigenvalue weighted by atomic mass is 32.2. The first-order valence-corrected chi connectivity index (χ1v) is 11.1. The topological polar surface area (TPSA) is 118 Å². The van der Waals surface area contributed by atoms with E-state index in [-0.39, 0.29) is 22.8 Å². The lowest BCUT2D eigenvalue weighted by Crippen LogP contribution is -2.41. The minimum absolute atomic E-state index is 0.0351. The molecule has 0 saturated carbocycles. The van der Waals surface area contributed by atoms with Crippen LogP contribution in [0.4, 0.5) is 0 Å². The normalized spacial score (nSPS) is 11.2. The third kappa shape index (κ3) is 4.85. The number of hydrogen-bond acceptors (Lipinski definition) is 5. The number of furan rings is 1. The molecule has 0 atom stereocenters. The number of benzene rings is 3. The van der Waals surface area contributed by atoms with Gasteiger partial charge in [0.15, 0.2) is 5.76 Å². The highest BCUT2D eigenvalue weighted by Gasteiger charge is 2.17. The molecule has 3 N–H and O–H groups in total. The number of carbonyl (C=O) groups excluding carboxylic acids is 2. The highest BCUT2D eigenvalue weighted by molar-refractivity contribution is 7.89. The van der Waals surface area contributed by atoms with Crippen LogP contribution in [0.3, 0.4) is 0 Å². The summed E-state index contributed by atoms with van der Waals surface area (Å²) in [6.07, 6.45) is 0. The molecule has 0 aliphatic rings. The second-order valence-corrected chi connectivity index (χ2v) is 8.66. The van der Waals surface area contributed by atoms with Gasteiger partial charge in [-0.1, -0.05) is 54.6 Å². The van der Waals surface area contributed by atoms with Crippen LogP contribution in [0.1, 0.15) is 26.5 Å². The van der Waals surface area contributed by atoms with E-state index in [1.165, 1.54) is 24.3 Å². The van der Waals surface area contributed by atoms with Crippen LogP contribution in [-0.2, 0) is 16.6 Å². The fourth-order valence-corrected chi connectivity index (χ4v) is 4.07. The Morgan fingerprint density at radius 1 is 0.781 bits per heavy atom. The fraction of sp³-hybridized carbons (Fsp3) is 0.0435. The first-order chi connectivity index (χ1) is 15.4. The molecule has 0 bridgehead atoms. The summed E-state index contributed by atoms with van der Waals surface area (Å²) in [5.74, 6) is -1.27. The predicted octanol–water partition coefficient (Wildman–Crippen LogP) is 2.99. The van der Waals surface area contributed by atoms with Crippen molar-refractivity contribution in [1.29, 1.82) is 0 Å². The average Bonchev–Trinajstić information content (AvgIpc) is 3.26. The van der Waals surface area contributed by atoms with Gasteiger partial charge in [0.2, 0.25) is 10.0 Å². The zero-order chi connectivity index (χ0) is 22.6. The number of fused-ring (bicyclic) bond motifs is 1. The van der Waals surface area contributed by atoms with Gasteiger partial charge in [0.1, 0.15) is 5.58 Å². The summed E-state index contributed by atoms with van der Waals surface area (Å²) in [5, 5.41) is 0.755. The summed E-state index contributed by atoms with van der Waals surface area (Å²) in [6.45, 7) is 0.118. The molecule has 0 aliphatic carbocycles. The fourth-order valence-electron chi connectivity index (χ4n) is 3.00. The van der Waals surface area contributed by atoms with Crippen molar-refractivity contribution in [3.05, 3.63) is 102 Å². The lowest BCUT2D eigenvalue weighted by Gasteiger charge is -2.09. The van der Waals surface area contributed by atoms with Crippen LogP contribution in [0, 0.1) is 0 Å². The average molecular weight is 449 g/mol. The van der Waals surface area contributed by atoms with Crippen molar-refractivity contribution < 1.29 is 22.4 Å². The Kier molecular flexibility index (Phi) is 6.02. The van der Waals surface area contributed by atoms with Gasteiger partial charge in [-0.25, -0.2) is 13.1 Å². The molecule has 0 unspecified atom stereocenters. The van der Waals surface area contributed by atoms with Gasteiger partial charge in [-0.2, -0.15) is 0 Å². The highest BCUT2D eigenvalue weighted by Crippen LogP contribution is 2.18. The summed E-state index contributed by atoms with van der Waals surface area (Å²) in [4.78, 5) is 24.6. The van der Waals surface area contributed by atoms with Crippen molar-refractivity contribution in [3.63, 3.8) is 0 Å². The second kappa shape index (κ2) is 9.04. The smallest absolute Gasteiger partial charge is 0.305 e. The van der Waals surface area contributed by atoms with E-state index in [1.54, 1.807) is 36.4 Å². The van der Waals surface area contributed by atoms with Gasteiger partial charge < -0.3 is 4.42 Å². The van der Waals surface area contributed by atoms with E-state index >= 15 is 0 Å². The van der Waals surface area contributed by atoms with Gasteiger partial charge in [-0.05, 0) is 35.9 Å². The van der Waals surface area contributed by atoms with Crippen LogP contribution in [0.5, 0.6) is 0 Å². The number of hydrogen-bond donors (Lipinski definition) is 3. The maximum Gasteiger partial charge on any atom is 0.305 e. The molecule has 162 valence electrons. The van der Waals surface area contributed by atoms with Crippen molar-refractivity contribution in [3.8, 4) is 0 Å². The molecule has 32 heavy (non-hydrogen) atoms. The van der Waals surface area contributed by atoms with E-state index in [2.05, 4.69) is 15.6 Å². The number of nitrogens with one attached hydrogen (secondary N) is 3. The van der Waals surface area contributed by atoms with E-state index in [0.29, 0.717) is 5.58 Å². The van der Waals surface area contributed by atoms with Gasteiger partial charge in [-0.3, -0.25) is 20.4 Å². The second-order valence-electron chi connectivity index (χ2n) is 6.89. The minimum Gasteiger partial charge on any atom is -0.451 e. The molecule has 0 radical (unpaired) electrons. The molecule has 0 spiro atoms. The van der Waals surface area contributed by atoms with E-state index in [4.69, 9.17) is 4.42 Å². The molecule has 8 nitrogen and oxygen atoms in total. The predicted molar refractivity (Wildman–Crippen MR) is 118 cm³/mol. The number of sulfonamides is 1. The molecule has 1 heterocycles. The molecule has 0 fully saturated rings. The number of amides is 2. The number of para-hydroxylation sites is 1. The van der Waals surface area contributed by atoms with Crippen molar-refractivity contribution in [2.45, 2.75) is 11.4 Å². The van der Waals surface area contributed by atoms with Crippen LogP contribution in [0.25, 0.3) is 11.0 Å². The Morgan fingerprint density at radius 2 is 1.50 bits per heavy atom. The maximum atomic E-state index is 12.6. The molecule has 2 amide bonds. The largest absolute Gasteiger partial charge is 0.451 e. The van der Waals surface area contributed by atoms with Crippen LogP contribution in [0.15, 0.2) is 94.2 Å². The SMILES string of the molecule is O=C(NNC(=O)c1cc2ccccc2o1)c1cccc(S(=O)(=O)NCc2ccccc2)c1. The van der Waals surface area contributed by atoms with E-state index in [9.17, 15) is 18.0 Å². The molecular weight excluding hydrogens is 430 g/mol. The Hall–Kier alpha value is -3.95. The van der Waals surface area contributed by atoms with Gasteiger partial charge in [0, 0.05) is 17.5 Å². The Labute approximate surface area is 184 Å². The first kappa shape index (κ1) is 21.3. The van der Waals surface area contributed by atoms with Crippen molar-refractivity contribution >= 4 is 32.8 Å². The third-order valence-electron chi connectivity index (χ3n) is 4.65. The standard InChI is InChI=1S/C23H19N3O5S/c27-22(25-26-23(28)21-14-17-9-4-5-12-20(17)31-21)18-10-6-11-19(13-18)32(29,30)24-15-16-7-2-1-3-8-16/h1-14,24H,15H2,(H,25,27)(H,26,28). The van der Waals surface area contributed by atoms with Crippen molar-refractivity contribution in [1.82, 2.24) is 15.6 Å². The molecule has 0 aliphatic heterocycles. The zero-order valence-electron chi connectivity index (χ0n) is 16.7. The van der Waals surface area contributed by atoms with E-state index in [1.807, 2.05) is 24.3 Å². The monoisotopic (exact) mass is 449 g/mol. The van der Waals surface area contributed by atoms with Crippen LogP contribution in [0.2, 0.25) is 0 Å². The minimum atomic E-state index is -3.84. The molecule has 0 saturated heterocycles. The Morgan fingerprint density at radius 3 is 2.28 bits per heavy atom. The van der Waals surface area contributed by atoms with Gasteiger partial charge >= 0.3 is 5.91 Å². The third-order valence-corrected chi connectivity index (χ3v) is 6.05. The molecule has 4 aromatic rings. The molecular formula is C23H19N3O5S. The summed E-state index contributed by atoms with van der Waals surface area (Å²) >= 11 is 0. The number of hydrazine groups is 1. The lowest BCUT2D eigenvalue weighted by atomic mass is 10.2. The summed E-state index contributed by atoms with van der Waals surface area (Å²) in [7, 11) is -3.84. The van der Waals surface area contributed by atoms with E-state index < -0.39 is 21.8 Å². The van der Waals surface area contributed by atoms with Gasteiger partial charge in [-0.15, -0.1) is 0 Å². The Balaban J connectivity index is 1.40. The van der Waals surface area contributed by atoms with Gasteiger partial charge in [0.25, 0.3) is 5.91 Å². The first-order valence-electron chi connectivity index (χ1n) is 9.65. The van der Waals surface area contributed by atoms with Crippen molar-refractivity contribution in [2.24, 2.45) is 0 Å². The Bertz CT molecular complexity index is 1350. The zero-order valence-corrected chi connectivity index (χ0v) is 17.6. The number of carbonyl (C=O) groups is 2. The van der Waals surface area contributed by atoms with Gasteiger partial charge in [0.05, 0.1) is 4.90 Å². The molecule has 9 heteroatoms. The van der Waals surface area contributed by atoms with Crippen molar-refractivity contribution in [2.75, 3.05) is 0 Å². The van der Waals surface area contributed by atoms with Crippen LogP contribution >= 0.6 is 0 Å². The quantitative estimate of drug-likeness (QED) is 0.391. The maximum absolute atomic E-state index is 12.6. The summed E-state index contributed by atoms with van der Waals surface area (Å²) in [6, 6.07) is 23.3. The van der Waals surface area contributed by atoms with Crippen LogP contribution in [-0.4, -0.2) is 20.2 Å². The van der Waals surface area contributed by atoms with Crippen LogP contribution < -0.4 is 15.6 Å². The summed E-state index contributed by atoms with van der Waals surface area (Å²) < 4.78 is 33.1. The molecule has 1 aromatic heterocycles. The summed E-state index contributed by atoms with van der Waals surface area (Å²) in [5.41, 5.74) is 5.95. The lowest BCUT2D eigenvalue weighted by molar-refractivity contribution is 0.0832. The number of rotatable bonds is 6. The molecule has 3 aromatic carbocycles. The molecule has 4 rings (SSSR count). The van der Waals surface area contributed by atoms with E-state index in [0.717, 1.165) is 10.9 Å².